The number of likely N-dealkylation sites (tertiary alicyclic amines) is 3. The molecule has 0 aromatic rings. The number of hydrogen-bond donors (Lipinski definition) is 0. The fourth-order valence-electron chi connectivity index (χ4n) is 5.87. The Hall–Kier alpha value is -1.14. The normalized spacial score (nSPS) is 47.3. The Morgan fingerprint density at radius 1 is 0.552 bits per heavy atom. The molecule has 6 aliphatic rings. The fraction of sp³-hybridized carbons (Fsp3) is 0.917. The first-order chi connectivity index (χ1) is 13.9. The average molecular weight is 398 g/mol. The van der Waals surface area contributed by atoms with E-state index in [9.17, 15) is 0 Å². The highest BCUT2D eigenvalue weighted by Crippen LogP contribution is 2.47. The lowest BCUT2D eigenvalue weighted by molar-refractivity contribution is 0.191. The summed E-state index contributed by atoms with van der Waals surface area (Å²) >= 11 is 0. The van der Waals surface area contributed by atoms with Gasteiger partial charge >= 0.3 is 0 Å². The number of nitriles is 2. The van der Waals surface area contributed by atoms with Crippen LogP contribution in [0.4, 0.5) is 0 Å². The maximum Gasteiger partial charge on any atom is 0.0978 e. The number of fused-ring (bicyclic) bond motifs is 3. The van der Waals surface area contributed by atoms with E-state index in [2.05, 4.69) is 54.9 Å². The van der Waals surface area contributed by atoms with Gasteiger partial charge < -0.3 is 4.90 Å². The zero-order valence-corrected chi connectivity index (χ0v) is 18.8. The van der Waals surface area contributed by atoms with Crippen LogP contribution in [0.3, 0.4) is 0 Å². The molecule has 0 aromatic carbocycles. The minimum Gasteiger partial charge on any atom is -0.303 e. The summed E-state index contributed by atoms with van der Waals surface area (Å²) in [5.41, 5.74) is 0. The smallest absolute Gasteiger partial charge is 0.0978 e. The van der Waals surface area contributed by atoms with Gasteiger partial charge in [-0.25, -0.2) is 0 Å². The van der Waals surface area contributed by atoms with Crippen molar-refractivity contribution in [1.29, 1.82) is 10.5 Å². The van der Waals surface area contributed by atoms with Gasteiger partial charge in [-0.05, 0) is 102 Å². The van der Waals surface area contributed by atoms with Crippen LogP contribution < -0.4 is 0 Å². The second-order valence-electron chi connectivity index (χ2n) is 10.9. The van der Waals surface area contributed by atoms with E-state index in [-0.39, 0.29) is 12.1 Å². The van der Waals surface area contributed by atoms with E-state index >= 15 is 0 Å². The molecular formula is C24H39N5. The predicted octanol–water partition coefficient (Wildman–Crippen LogP) is 3.05. The molecule has 5 nitrogen and oxygen atoms in total. The largest absolute Gasteiger partial charge is 0.303 e. The molecule has 0 amide bonds. The van der Waals surface area contributed by atoms with Gasteiger partial charge in [-0.15, -0.1) is 0 Å². The SMILES string of the molecule is CN1CC2CC2C[C@H]1C#N.CN1CC2C[C@H]2C[C@H]1C#N.C[C@@H]1C[C@@H]2CC2CN1C. The second kappa shape index (κ2) is 8.54. The zero-order chi connectivity index (χ0) is 20.7. The molecule has 0 bridgehead atoms. The highest BCUT2D eigenvalue weighted by atomic mass is 15.2. The summed E-state index contributed by atoms with van der Waals surface area (Å²) in [5, 5.41) is 17.4. The molecule has 4 unspecified atom stereocenters. The maximum absolute atomic E-state index is 8.71. The first kappa shape index (κ1) is 21.1. The number of rotatable bonds is 0. The van der Waals surface area contributed by atoms with Gasteiger partial charge in [-0.1, -0.05) is 0 Å². The molecule has 6 fully saturated rings. The van der Waals surface area contributed by atoms with E-state index in [1.807, 2.05) is 0 Å². The van der Waals surface area contributed by atoms with Crippen molar-refractivity contribution >= 4 is 0 Å². The maximum atomic E-state index is 8.71. The van der Waals surface area contributed by atoms with Gasteiger partial charge in [0.25, 0.3) is 0 Å². The Balaban J connectivity index is 0.000000106. The van der Waals surface area contributed by atoms with Crippen molar-refractivity contribution in [1.82, 2.24) is 14.7 Å². The minimum atomic E-state index is 0.212. The summed E-state index contributed by atoms with van der Waals surface area (Å²) in [7, 11) is 6.37. The standard InChI is InChI=1S/2C8H12N2.C8H15N/c2*1-10-5-7-2-6(7)3-8(10)4-9;1-6-3-7-4-8(7)5-9(6)2/h2*6-8H,2-3,5H2,1H3;6-8H,3-5H2,1-2H3/t6?,7?,8-;6-,7?,8-;6-,7-,8?/m001/s1. The van der Waals surface area contributed by atoms with Crippen LogP contribution in [0.15, 0.2) is 0 Å². The average Bonchev–Trinajstić information content (AvgIpc) is 3.56. The van der Waals surface area contributed by atoms with Crippen LogP contribution in [-0.4, -0.2) is 73.6 Å². The number of nitrogens with zero attached hydrogens (tertiary/aromatic N) is 5. The minimum absolute atomic E-state index is 0.212. The Morgan fingerprint density at radius 2 is 0.931 bits per heavy atom. The lowest BCUT2D eigenvalue weighted by Gasteiger charge is -2.28. The highest BCUT2D eigenvalue weighted by molar-refractivity contribution is 5.04. The summed E-state index contributed by atoms with van der Waals surface area (Å²) in [6, 6.07) is 5.95. The molecule has 9 atom stereocenters. The first-order valence-corrected chi connectivity index (χ1v) is 11.8. The predicted molar refractivity (Wildman–Crippen MR) is 115 cm³/mol. The van der Waals surface area contributed by atoms with Crippen molar-refractivity contribution in [3.05, 3.63) is 0 Å². The lowest BCUT2D eigenvalue weighted by Crippen LogP contribution is -2.36. The molecule has 3 aliphatic heterocycles. The van der Waals surface area contributed by atoms with Gasteiger partial charge in [0.05, 0.1) is 24.2 Å². The van der Waals surface area contributed by atoms with E-state index in [0.717, 1.165) is 67.5 Å². The van der Waals surface area contributed by atoms with Crippen molar-refractivity contribution in [3.63, 3.8) is 0 Å². The van der Waals surface area contributed by atoms with Gasteiger partial charge in [0.15, 0.2) is 0 Å². The zero-order valence-electron chi connectivity index (χ0n) is 18.8. The molecule has 6 rings (SSSR count). The molecule has 3 heterocycles. The van der Waals surface area contributed by atoms with Crippen LogP contribution in [0.25, 0.3) is 0 Å². The van der Waals surface area contributed by atoms with E-state index in [1.165, 1.54) is 32.2 Å². The molecule has 3 saturated heterocycles. The molecule has 0 aromatic heterocycles. The Labute approximate surface area is 177 Å². The van der Waals surface area contributed by atoms with Crippen LogP contribution >= 0.6 is 0 Å². The van der Waals surface area contributed by atoms with Gasteiger partial charge in [0, 0.05) is 25.7 Å². The molecule has 3 saturated carbocycles. The lowest BCUT2D eigenvalue weighted by atomic mass is 10.0. The summed E-state index contributed by atoms with van der Waals surface area (Å²) in [6.45, 7) is 6.02. The van der Waals surface area contributed by atoms with E-state index in [1.54, 1.807) is 0 Å². The quantitative estimate of drug-likeness (QED) is 0.629. The van der Waals surface area contributed by atoms with Crippen LogP contribution in [-0.2, 0) is 0 Å². The van der Waals surface area contributed by atoms with Gasteiger partial charge in [0.1, 0.15) is 0 Å². The first-order valence-electron chi connectivity index (χ1n) is 11.8. The molecule has 5 heteroatoms. The van der Waals surface area contributed by atoms with Crippen molar-refractivity contribution in [2.75, 3.05) is 40.8 Å². The fourth-order valence-corrected chi connectivity index (χ4v) is 5.87. The van der Waals surface area contributed by atoms with E-state index in [0.29, 0.717) is 0 Å². The monoisotopic (exact) mass is 397 g/mol. The van der Waals surface area contributed by atoms with E-state index in [4.69, 9.17) is 10.5 Å². The summed E-state index contributed by atoms with van der Waals surface area (Å²) in [6.07, 6.45) is 7.98. The van der Waals surface area contributed by atoms with Crippen LogP contribution in [0.2, 0.25) is 0 Å². The van der Waals surface area contributed by atoms with Crippen LogP contribution in [0, 0.1) is 58.2 Å². The highest BCUT2D eigenvalue weighted by Gasteiger charge is 2.45. The Morgan fingerprint density at radius 3 is 1.31 bits per heavy atom. The van der Waals surface area contributed by atoms with Crippen molar-refractivity contribution < 1.29 is 0 Å². The summed E-state index contributed by atoms with van der Waals surface area (Å²) < 4.78 is 0. The molecular weight excluding hydrogens is 358 g/mol. The molecule has 160 valence electrons. The van der Waals surface area contributed by atoms with Gasteiger partial charge in [-0.3, -0.25) is 9.80 Å². The van der Waals surface area contributed by atoms with Crippen molar-refractivity contribution in [2.45, 2.75) is 63.6 Å². The van der Waals surface area contributed by atoms with Gasteiger partial charge in [-0.2, -0.15) is 10.5 Å². The Bertz CT molecular complexity index is 609. The molecule has 29 heavy (non-hydrogen) atoms. The van der Waals surface area contributed by atoms with E-state index < -0.39 is 0 Å². The molecule has 0 radical (unpaired) electrons. The number of piperidine rings is 3. The third-order valence-corrected chi connectivity index (χ3v) is 8.59. The van der Waals surface area contributed by atoms with Crippen molar-refractivity contribution in [3.8, 4) is 12.1 Å². The van der Waals surface area contributed by atoms with Crippen LogP contribution in [0.5, 0.6) is 0 Å². The summed E-state index contributed by atoms with van der Waals surface area (Å²) in [5.74, 6) is 5.90. The number of hydrogen-bond acceptors (Lipinski definition) is 5. The molecule has 0 N–H and O–H groups in total. The third-order valence-electron chi connectivity index (χ3n) is 8.59. The summed E-state index contributed by atoms with van der Waals surface area (Å²) in [4.78, 5) is 6.87. The molecule has 0 spiro atoms. The third kappa shape index (κ3) is 5.13. The van der Waals surface area contributed by atoms with Crippen LogP contribution in [0.1, 0.15) is 45.4 Å². The van der Waals surface area contributed by atoms with Crippen molar-refractivity contribution in [2.24, 2.45) is 35.5 Å². The second-order valence-corrected chi connectivity index (χ2v) is 10.9. The van der Waals surface area contributed by atoms with Gasteiger partial charge in [0.2, 0.25) is 0 Å². The topological polar surface area (TPSA) is 57.3 Å². The molecule has 3 aliphatic carbocycles. The Kier molecular flexibility index (Phi) is 6.22.